The summed E-state index contributed by atoms with van der Waals surface area (Å²) in [5.41, 5.74) is 1.06. The number of rotatable bonds is 7. The minimum Gasteiger partial charge on any atom is -0.483 e. The summed E-state index contributed by atoms with van der Waals surface area (Å²) in [7, 11) is 0. The fraction of sp³-hybridized carbons (Fsp3) is 0.200. The highest BCUT2D eigenvalue weighted by Crippen LogP contribution is 2.30. The zero-order valence-electron chi connectivity index (χ0n) is 19.1. The molecule has 0 unspecified atom stereocenters. The molecule has 1 amide bonds. The van der Waals surface area contributed by atoms with E-state index >= 15 is 0 Å². The van der Waals surface area contributed by atoms with E-state index < -0.39 is 29.3 Å². The topological polar surface area (TPSA) is 69.3 Å². The van der Waals surface area contributed by atoms with E-state index in [1.807, 2.05) is 0 Å². The summed E-state index contributed by atoms with van der Waals surface area (Å²) in [6, 6.07) is 10.7. The van der Waals surface area contributed by atoms with Crippen molar-refractivity contribution < 1.29 is 35.9 Å². The Bertz CT molecular complexity index is 1410. The van der Waals surface area contributed by atoms with Crippen LogP contribution in [-0.2, 0) is 19.3 Å². The highest BCUT2D eigenvalue weighted by Gasteiger charge is 2.30. The van der Waals surface area contributed by atoms with Gasteiger partial charge in [-0.3, -0.25) is 9.48 Å². The van der Waals surface area contributed by atoms with Crippen molar-refractivity contribution in [1.82, 2.24) is 9.78 Å². The first-order chi connectivity index (χ1) is 17.0. The fourth-order valence-electron chi connectivity index (χ4n) is 3.54. The van der Waals surface area contributed by atoms with E-state index in [9.17, 15) is 26.7 Å². The number of hydrogen-bond donors (Lipinski definition) is 1. The molecule has 0 aliphatic rings. The van der Waals surface area contributed by atoms with E-state index in [0.29, 0.717) is 28.7 Å². The lowest BCUT2D eigenvalue weighted by molar-refractivity contribution is -0.137. The van der Waals surface area contributed by atoms with Crippen LogP contribution in [0.4, 0.5) is 27.6 Å². The molecule has 0 radical (unpaired) electrons. The third-order valence-corrected chi connectivity index (χ3v) is 5.36. The van der Waals surface area contributed by atoms with Gasteiger partial charge in [0, 0.05) is 6.07 Å². The predicted octanol–water partition coefficient (Wildman–Crippen LogP) is 6.27. The Morgan fingerprint density at radius 2 is 1.86 bits per heavy atom. The van der Waals surface area contributed by atoms with Gasteiger partial charge in [-0.1, -0.05) is 12.1 Å². The van der Waals surface area contributed by atoms with Crippen LogP contribution in [-0.4, -0.2) is 15.7 Å². The van der Waals surface area contributed by atoms with E-state index in [1.54, 1.807) is 19.9 Å². The van der Waals surface area contributed by atoms with Crippen molar-refractivity contribution in [2.24, 2.45) is 0 Å². The first-order valence-electron chi connectivity index (χ1n) is 10.7. The number of furan rings is 1. The van der Waals surface area contributed by atoms with Crippen molar-refractivity contribution in [2.75, 3.05) is 5.32 Å². The van der Waals surface area contributed by atoms with E-state index in [-0.39, 0.29) is 30.4 Å². The number of ether oxygens (including phenoxy) is 1. The second-order valence-electron chi connectivity index (χ2n) is 7.99. The number of carbonyl (C=O) groups excluding carboxylic acids is 1. The van der Waals surface area contributed by atoms with Gasteiger partial charge in [0.2, 0.25) is 0 Å². The molecule has 4 rings (SSSR count). The number of anilines is 1. The van der Waals surface area contributed by atoms with Crippen LogP contribution < -0.4 is 10.1 Å². The molecule has 0 saturated heterocycles. The number of aryl methyl sites for hydroxylation is 1. The quantitative estimate of drug-likeness (QED) is 0.301. The van der Waals surface area contributed by atoms with Crippen molar-refractivity contribution in [1.29, 1.82) is 0 Å². The maximum atomic E-state index is 13.7. The van der Waals surface area contributed by atoms with Crippen LogP contribution in [0.25, 0.3) is 0 Å². The number of benzene rings is 2. The predicted molar refractivity (Wildman–Crippen MR) is 120 cm³/mol. The van der Waals surface area contributed by atoms with Crippen molar-refractivity contribution in [2.45, 2.75) is 33.2 Å². The molecule has 36 heavy (non-hydrogen) atoms. The zero-order chi connectivity index (χ0) is 26.0. The van der Waals surface area contributed by atoms with Crippen LogP contribution >= 0.6 is 0 Å². The van der Waals surface area contributed by atoms with Gasteiger partial charge in [-0.05, 0) is 55.8 Å². The normalized spacial score (nSPS) is 11.5. The summed E-state index contributed by atoms with van der Waals surface area (Å²) in [5, 5.41) is 7.04. The second-order valence-corrected chi connectivity index (χ2v) is 7.99. The minimum atomic E-state index is -4.45. The molecule has 0 saturated carbocycles. The number of nitrogens with one attached hydrogen (secondary N) is 1. The van der Waals surface area contributed by atoms with Gasteiger partial charge in [0.1, 0.15) is 18.2 Å². The highest BCUT2D eigenvalue weighted by molar-refractivity contribution is 6.02. The smallest absolute Gasteiger partial charge is 0.416 e. The summed E-state index contributed by atoms with van der Waals surface area (Å²) >= 11 is 0. The van der Waals surface area contributed by atoms with Crippen LogP contribution in [0.3, 0.4) is 0 Å². The maximum absolute atomic E-state index is 13.7. The Morgan fingerprint density at radius 3 is 2.58 bits per heavy atom. The number of nitrogens with zero attached hydrogens (tertiary/aromatic N) is 2. The molecule has 0 spiro atoms. The number of halogens is 5. The lowest BCUT2D eigenvalue weighted by Crippen LogP contribution is -2.13. The Hall–Kier alpha value is -4.15. The van der Waals surface area contributed by atoms with Gasteiger partial charge in [-0.2, -0.15) is 18.3 Å². The Labute approximate surface area is 202 Å². The van der Waals surface area contributed by atoms with Crippen molar-refractivity contribution in [3.63, 3.8) is 0 Å². The van der Waals surface area contributed by atoms with Gasteiger partial charge in [0.15, 0.2) is 17.3 Å². The summed E-state index contributed by atoms with van der Waals surface area (Å²) in [5.74, 6) is -2.17. The van der Waals surface area contributed by atoms with Crippen LogP contribution in [0.1, 0.15) is 38.8 Å². The number of hydrogen-bond acceptors (Lipinski definition) is 4. The molecule has 0 bridgehead atoms. The molecule has 0 fully saturated rings. The summed E-state index contributed by atoms with van der Waals surface area (Å²) in [6.45, 7) is 3.23. The van der Waals surface area contributed by atoms with Crippen LogP contribution in [0.5, 0.6) is 5.75 Å². The van der Waals surface area contributed by atoms with Crippen molar-refractivity contribution in [3.05, 3.63) is 100 Å². The van der Waals surface area contributed by atoms with Gasteiger partial charge >= 0.3 is 6.18 Å². The fourth-order valence-corrected chi connectivity index (χ4v) is 3.54. The van der Waals surface area contributed by atoms with E-state index in [0.717, 1.165) is 24.3 Å². The Balaban J connectivity index is 1.43. The third-order valence-electron chi connectivity index (χ3n) is 5.36. The van der Waals surface area contributed by atoms with Crippen molar-refractivity contribution >= 4 is 11.6 Å². The zero-order valence-corrected chi connectivity index (χ0v) is 19.1. The monoisotopic (exact) mass is 505 g/mol. The largest absolute Gasteiger partial charge is 0.483 e. The molecule has 11 heteroatoms. The molecular formula is C25H20F5N3O3. The van der Waals surface area contributed by atoms with Crippen LogP contribution in [0.2, 0.25) is 0 Å². The van der Waals surface area contributed by atoms with Crippen LogP contribution in [0.15, 0.2) is 59.0 Å². The summed E-state index contributed by atoms with van der Waals surface area (Å²) in [6.07, 6.45) is -4.45. The molecule has 2 heterocycles. The Morgan fingerprint density at radius 1 is 1.08 bits per heavy atom. The van der Waals surface area contributed by atoms with Gasteiger partial charge in [-0.15, -0.1) is 0 Å². The molecule has 0 atom stereocenters. The van der Waals surface area contributed by atoms with Gasteiger partial charge in [0.05, 0.1) is 29.2 Å². The molecule has 2 aromatic heterocycles. The third kappa shape index (κ3) is 5.56. The molecule has 1 N–H and O–H groups in total. The number of amides is 1. The first-order valence-corrected chi connectivity index (χ1v) is 10.7. The van der Waals surface area contributed by atoms with Gasteiger partial charge in [-0.25, -0.2) is 8.78 Å². The van der Waals surface area contributed by atoms with E-state index in [4.69, 9.17) is 9.15 Å². The van der Waals surface area contributed by atoms with Crippen molar-refractivity contribution in [3.8, 4) is 5.75 Å². The molecule has 4 aromatic rings. The van der Waals surface area contributed by atoms with Gasteiger partial charge < -0.3 is 14.5 Å². The van der Waals surface area contributed by atoms with E-state index in [1.165, 1.54) is 22.9 Å². The Kier molecular flexibility index (Phi) is 6.82. The minimum absolute atomic E-state index is 0.0439. The van der Waals surface area contributed by atoms with Gasteiger partial charge in [0.25, 0.3) is 5.91 Å². The maximum Gasteiger partial charge on any atom is 0.416 e. The molecule has 188 valence electrons. The number of aromatic nitrogens is 2. The molecular weight excluding hydrogens is 485 g/mol. The number of alkyl halides is 3. The average Bonchev–Trinajstić information content (AvgIpc) is 3.39. The van der Waals surface area contributed by atoms with Crippen LogP contribution in [0, 0.1) is 25.5 Å². The first kappa shape index (κ1) is 25.0. The lowest BCUT2D eigenvalue weighted by Gasteiger charge is -2.10. The molecule has 0 aliphatic heterocycles. The molecule has 2 aromatic carbocycles. The number of carbonyl (C=O) groups is 1. The summed E-state index contributed by atoms with van der Waals surface area (Å²) in [4.78, 5) is 12.7. The standard InChI is InChI=1S/C25H20F5N3O3/c1-14-23(15(2)33(32-14)12-16-4-3-5-17(10-16)25(28,29)30)31-24(34)22-9-7-19(36-22)13-35-21-8-6-18(26)11-20(21)27/h3-11H,12-13H2,1-2H3,(H,31,34). The second kappa shape index (κ2) is 9.84. The average molecular weight is 505 g/mol. The summed E-state index contributed by atoms with van der Waals surface area (Å²) < 4.78 is 78.0. The van der Waals surface area contributed by atoms with E-state index in [2.05, 4.69) is 10.4 Å². The molecule has 6 nitrogen and oxygen atoms in total. The lowest BCUT2D eigenvalue weighted by atomic mass is 10.1. The SMILES string of the molecule is Cc1nn(Cc2cccc(C(F)(F)F)c2)c(C)c1NC(=O)c1ccc(COc2ccc(F)cc2F)o1. The molecule has 0 aliphatic carbocycles. The highest BCUT2D eigenvalue weighted by atomic mass is 19.4.